The summed E-state index contributed by atoms with van der Waals surface area (Å²) in [6.07, 6.45) is -4.32. The molecule has 0 radical (unpaired) electrons. The van der Waals surface area contributed by atoms with Crippen molar-refractivity contribution in [1.82, 2.24) is 4.90 Å². The standard InChI is InChI=1S/C12H16F3N3O/c1-8-3-4-10(9(16)5-8)17-11(19)6-18(2)7-12(13,14)15/h3-5H,6-7,16H2,1-2H3,(H,17,19). The lowest BCUT2D eigenvalue weighted by molar-refractivity contribution is -0.145. The second-order valence-corrected chi connectivity index (χ2v) is 4.43. The predicted octanol–water partition coefficient (Wildman–Crippen LogP) is 2.01. The number of carbonyl (C=O) groups is 1. The van der Waals surface area contributed by atoms with E-state index in [1.54, 1.807) is 18.2 Å². The second kappa shape index (κ2) is 5.92. The molecule has 0 aliphatic heterocycles. The molecule has 3 N–H and O–H groups in total. The van der Waals surface area contributed by atoms with Crippen LogP contribution in [0, 0.1) is 6.92 Å². The van der Waals surface area contributed by atoms with E-state index in [9.17, 15) is 18.0 Å². The van der Waals surface area contributed by atoms with Crippen LogP contribution in [0.1, 0.15) is 5.56 Å². The van der Waals surface area contributed by atoms with Gasteiger partial charge in [-0.2, -0.15) is 13.2 Å². The van der Waals surface area contributed by atoms with Crippen molar-refractivity contribution in [2.75, 3.05) is 31.2 Å². The summed E-state index contributed by atoms with van der Waals surface area (Å²) < 4.78 is 36.3. The van der Waals surface area contributed by atoms with Crippen LogP contribution in [0.2, 0.25) is 0 Å². The number of rotatable bonds is 4. The Balaban J connectivity index is 2.56. The molecule has 0 heterocycles. The van der Waals surface area contributed by atoms with E-state index in [4.69, 9.17) is 5.73 Å². The van der Waals surface area contributed by atoms with Crippen molar-refractivity contribution in [1.29, 1.82) is 0 Å². The minimum atomic E-state index is -4.32. The Hall–Kier alpha value is -1.76. The molecule has 1 aromatic rings. The third kappa shape index (κ3) is 5.60. The number of benzene rings is 1. The van der Waals surface area contributed by atoms with Gasteiger partial charge in [-0.25, -0.2) is 0 Å². The smallest absolute Gasteiger partial charge is 0.397 e. The van der Waals surface area contributed by atoms with Gasteiger partial charge in [-0.15, -0.1) is 0 Å². The highest BCUT2D eigenvalue weighted by Crippen LogP contribution is 2.19. The van der Waals surface area contributed by atoms with Gasteiger partial charge in [0.05, 0.1) is 24.5 Å². The van der Waals surface area contributed by atoms with Gasteiger partial charge in [0, 0.05) is 0 Å². The number of hydrogen-bond acceptors (Lipinski definition) is 3. The van der Waals surface area contributed by atoms with Crippen LogP contribution in [0.15, 0.2) is 18.2 Å². The molecule has 0 aromatic heterocycles. The van der Waals surface area contributed by atoms with Gasteiger partial charge in [-0.3, -0.25) is 9.69 Å². The molecule has 0 bridgehead atoms. The Morgan fingerprint density at radius 3 is 2.58 bits per heavy atom. The van der Waals surface area contributed by atoms with Crippen molar-refractivity contribution < 1.29 is 18.0 Å². The molecule has 0 unspecified atom stereocenters. The van der Waals surface area contributed by atoms with E-state index in [1.807, 2.05) is 6.92 Å². The number of halogens is 3. The molecule has 1 amide bonds. The topological polar surface area (TPSA) is 58.4 Å². The first-order chi connectivity index (χ1) is 8.67. The number of alkyl halides is 3. The third-order valence-corrected chi connectivity index (χ3v) is 2.34. The molecule has 0 saturated carbocycles. The van der Waals surface area contributed by atoms with Gasteiger partial charge in [0.25, 0.3) is 0 Å². The lowest BCUT2D eigenvalue weighted by atomic mass is 10.2. The number of anilines is 2. The molecule has 0 fully saturated rings. The Kier molecular flexibility index (Phi) is 4.77. The number of carbonyl (C=O) groups excluding carboxylic acids is 1. The van der Waals surface area contributed by atoms with Crippen molar-refractivity contribution in [3.63, 3.8) is 0 Å². The average molecular weight is 275 g/mol. The van der Waals surface area contributed by atoms with Gasteiger partial charge in [0.2, 0.25) is 5.91 Å². The van der Waals surface area contributed by atoms with E-state index in [-0.39, 0.29) is 6.54 Å². The number of hydrogen-bond donors (Lipinski definition) is 2. The van der Waals surface area contributed by atoms with E-state index in [1.165, 1.54) is 7.05 Å². The maximum atomic E-state index is 12.1. The highest BCUT2D eigenvalue weighted by molar-refractivity contribution is 5.95. The van der Waals surface area contributed by atoms with E-state index >= 15 is 0 Å². The Morgan fingerprint density at radius 2 is 2.05 bits per heavy atom. The first-order valence-corrected chi connectivity index (χ1v) is 5.58. The summed E-state index contributed by atoms with van der Waals surface area (Å²) in [5.41, 5.74) is 7.41. The molecular weight excluding hydrogens is 259 g/mol. The SMILES string of the molecule is Cc1ccc(NC(=O)CN(C)CC(F)(F)F)c(N)c1. The Morgan fingerprint density at radius 1 is 1.42 bits per heavy atom. The van der Waals surface area contributed by atoms with Crippen molar-refractivity contribution in [3.05, 3.63) is 23.8 Å². The number of nitrogens with two attached hydrogens (primary N) is 1. The zero-order chi connectivity index (χ0) is 14.6. The van der Waals surface area contributed by atoms with E-state index < -0.39 is 18.6 Å². The maximum absolute atomic E-state index is 12.1. The van der Waals surface area contributed by atoms with Gasteiger partial charge in [0.1, 0.15) is 0 Å². The van der Waals surface area contributed by atoms with Crippen LogP contribution in [-0.4, -0.2) is 37.1 Å². The van der Waals surface area contributed by atoms with Gasteiger partial charge >= 0.3 is 6.18 Å². The molecular formula is C12H16F3N3O. The van der Waals surface area contributed by atoms with Crippen LogP contribution in [0.25, 0.3) is 0 Å². The van der Waals surface area contributed by atoms with Crippen molar-refractivity contribution in [2.45, 2.75) is 13.1 Å². The molecule has 1 aromatic carbocycles. The fraction of sp³-hybridized carbons (Fsp3) is 0.417. The highest BCUT2D eigenvalue weighted by Gasteiger charge is 2.29. The number of aryl methyl sites for hydroxylation is 1. The normalized spacial score (nSPS) is 11.7. The van der Waals surface area contributed by atoms with Crippen LogP contribution < -0.4 is 11.1 Å². The zero-order valence-corrected chi connectivity index (χ0v) is 10.7. The van der Waals surface area contributed by atoms with Gasteiger partial charge in [0.15, 0.2) is 0 Å². The summed E-state index contributed by atoms with van der Waals surface area (Å²) in [4.78, 5) is 12.5. The number of nitrogens with one attached hydrogen (secondary N) is 1. The van der Waals surface area contributed by atoms with E-state index in [0.717, 1.165) is 10.5 Å². The van der Waals surface area contributed by atoms with Gasteiger partial charge in [-0.05, 0) is 31.7 Å². The molecule has 1 rings (SSSR count). The lowest BCUT2D eigenvalue weighted by Gasteiger charge is -2.18. The van der Waals surface area contributed by atoms with Crippen molar-refractivity contribution in [2.24, 2.45) is 0 Å². The molecule has 0 spiro atoms. The van der Waals surface area contributed by atoms with Crippen LogP contribution >= 0.6 is 0 Å². The molecule has 0 atom stereocenters. The summed E-state index contributed by atoms with van der Waals surface area (Å²) in [6, 6.07) is 5.05. The lowest BCUT2D eigenvalue weighted by Crippen LogP contribution is -2.36. The van der Waals surface area contributed by atoms with E-state index in [0.29, 0.717) is 11.4 Å². The molecule has 106 valence electrons. The molecule has 0 aliphatic rings. The van der Waals surface area contributed by atoms with E-state index in [2.05, 4.69) is 5.32 Å². The average Bonchev–Trinajstić information content (AvgIpc) is 2.19. The molecule has 0 aliphatic carbocycles. The van der Waals surface area contributed by atoms with Crippen molar-refractivity contribution in [3.8, 4) is 0 Å². The minimum Gasteiger partial charge on any atom is -0.397 e. The number of nitrogen functional groups attached to an aromatic ring is 1. The van der Waals surface area contributed by atoms with Crippen LogP contribution in [0.3, 0.4) is 0 Å². The third-order valence-electron chi connectivity index (χ3n) is 2.34. The molecule has 7 heteroatoms. The first kappa shape index (κ1) is 15.3. The summed E-state index contributed by atoms with van der Waals surface area (Å²) in [7, 11) is 1.23. The Bertz CT molecular complexity index is 460. The fourth-order valence-electron chi connectivity index (χ4n) is 1.59. The highest BCUT2D eigenvalue weighted by atomic mass is 19.4. The van der Waals surface area contributed by atoms with Crippen LogP contribution in [-0.2, 0) is 4.79 Å². The van der Waals surface area contributed by atoms with Crippen LogP contribution in [0.4, 0.5) is 24.5 Å². The number of amides is 1. The summed E-state index contributed by atoms with van der Waals surface area (Å²) in [5, 5.41) is 2.48. The number of likely N-dealkylation sites (N-methyl/N-ethyl adjacent to an activating group) is 1. The fourth-order valence-corrected chi connectivity index (χ4v) is 1.59. The summed E-state index contributed by atoms with van der Waals surface area (Å²) >= 11 is 0. The van der Waals surface area contributed by atoms with Gasteiger partial charge < -0.3 is 11.1 Å². The minimum absolute atomic E-state index is 0.354. The zero-order valence-electron chi connectivity index (χ0n) is 10.7. The quantitative estimate of drug-likeness (QED) is 0.826. The second-order valence-electron chi connectivity index (χ2n) is 4.43. The monoisotopic (exact) mass is 275 g/mol. The first-order valence-electron chi connectivity index (χ1n) is 5.58. The number of nitrogens with zero attached hydrogens (tertiary/aromatic N) is 1. The summed E-state index contributed by atoms with van der Waals surface area (Å²) in [6.45, 7) is 0.357. The van der Waals surface area contributed by atoms with Gasteiger partial charge in [-0.1, -0.05) is 6.07 Å². The predicted molar refractivity (Wildman–Crippen MR) is 67.8 cm³/mol. The molecule has 4 nitrogen and oxygen atoms in total. The maximum Gasteiger partial charge on any atom is 0.401 e. The summed E-state index contributed by atoms with van der Waals surface area (Å²) in [5.74, 6) is -0.540. The molecule has 19 heavy (non-hydrogen) atoms. The van der Waals surface area contributed by atoms with Crippen LogP contribution in [0.5, 0.6) is 0 Å². The molecule has 0 saturated heterocycles. The Labute approximate surface area is 109 Å². The largest absolute Gasteiger partial charge is 0.401 e. The van der Waals surface area contributed by atoms with Crippen molar-refractivity contribution >= 4 is 17.3 Å².